The molecule has 2 aromatic rings. The smallest absolute Gasteiger partial charge is 0.0754 e. The summed E-state index contributed by atoms with van der Waals surface area (Å²) in [5.74, 6) is 0.709. The average molecular weight is 579 g/mol. The fraction of sp³-hybridized carbons (Fsp3) is 0.769. The van der Waals surface area contributed by atoms with Crippen molar-refractivity contribution in [2.75, 3.05) is 0 Å². The molecular formula is C26H42Br2S2. The summed E-state index contributed by atoms with van der Waals surface area (Å²) in [5.41, 5.74) is 1.58. The van der Waals surface area contributed by atoms with Gasteiger partial charge in [-0.3, -0.25) is 0 Å². The third-order valence-electron chi connectivity index (χ3n) is 6.38. The van der Waals surface area contributed by atoms with Gasteiger partial charge < -0.3 is 0 Å². The molecule has 0 saturated carbocycles. The van der Waals surface area contributed by atoms with E-state index in [1.807, 2.05) is 22.7 Å². The largest absolute Gasteiger partial charge is 0.127 e. The first kappa shape index (κ1) is 26.9. The molecule has 1 unspecified atom stereocenters. The topological polar surface area (TPSA) is 0 Å². The molecule has 0 amide bonds. The van der Waals surface area contributed by atoms with Crippen LogP contribution in [0.25, 0.3) is 9.40 Å². The molecule has 0 bridgehead atoms. The first-order chi connectivity index (χ1) is 14.7. The standard InChI is InChI=1S/C26H42Br2S2/c1-3-5-6-7-8-9-10-11-12-13-14-15-16-17-18-19-21(4-2)24-25-22(29-26(24)28)20-23(27)30-25/h20-21H,3-19H2,1-2H3. The Hall–Kier alpha value is 0.620. The molecule has 0 aliphatic rings. The van der Waals surface area contributed by atoms with E-state index in [1.54, 1.807) is 5.56 Å². The third-order valence-corrected chi connectivity index (χ3v) is 10.0. The predicted octanol–water partition coefficient (Wildman–Crippen LogP) is 12.2. The molecule has 0 radical (unpaired) electrons. The highest BCUT2D eigenvalue weighted by Gasteiger charge is 2.20. The molecule has 0 N–H and O–H groups in total. The molecule has 2 aromatic heterocycles. The van der Waals surface area contributed by atoms with Gasteiger partial charge in [0.05, 0.1) is 12.3 Å². The molecule has 0 aliphatic heterocycles. The lowest BCUT2D eigenvalue weighted by molar-refractivity contribution is 0.513. The zero-order valence-electron chi connectivity index (χ0n) is 19.2. The Morgan fingerprint density at radius 3 is 1.70 bits per heavy atom. The second-order valence-corrected chi connectivity index (χ2v) is 13.7. The SMILES string of the molecule is CCCCCCCCCCCCCCCCCC(CC)c1c(Br)sc2cc(Br)sc12. The molecule has 0 nitrogen and oxygen atoms in total. The van der Waals surface area contributed by atoms with E-state index in [2.05, 4.69) is 51.8 Å². The van der Waals surface area contributed by atoms with Crippen molar-refractivity contribution in [1.82, 2.24) is 0 Å². The van der Waals surface area contributed by atoms with Crippen molar-refractivity contribution in [2.45, 2.75) is 129 Å². The Labute approximate surface area is 210 Å². The Morgan fingerprint density at radius 2 is 1.20 bits per heavy atom. The van der Waals surface area contributed by atoms with Crippen LogP contribution in [0.2, 0.25) is 0 Å². The summed E-state index contributed by atoms with van der Waals surface area (Å²) in [4.78, 5) is 0. The minimum absolute atomic E-state index is 0.709. The zero-order valence-corrected chi connectivity index (χ0v) is 24.1. The van der Waals surface area contributed by atoms with Gasteiger partial charge in [0, 0.05) is 4.70 Å². The van der Waals surface area contributed by atoms with Crippen LogP contribution in [0, 0.1) is 0 Å². The molecule has 0 saturated heterocycles. The van der Waals surface area contributed by atoms with Crippen molar-refractivity contribution in [3.63, 3.8) is 0 Å². The number of halogens is 2. The first-order valence-corrected chi connectivity index (χ1v) is 15.8. The van der Waals surface area contributed by atoms with Gasteiger partial charge in [-0.2, -0.15) is 0 Å². The second-order valence-electron chi connectivity index (χ2n) is 8.88. The van der Waals surface area contributed by atoms with Crippen LogP contribution < -0.4 is 0 Å². The summed E-state index contributed by atoms with van der Waals surface area (Å²) in [6.07, 6.45) is 24.2. The molecule has 2 heterocycles. The summed E-state index contributed by atoms with van der Waals surface area (Å²) < 4.78 is 5.57. The number of thiophene rings is 2. The molecule has 30 heavy (non-hydrogen) atoms. The molecule has 0 aliphatic carbocycles. The molecule has 2 rings (SSSR count). The summed E-state index contributed by atoms with van der Waals surface area (Å²) in [7, 11) is 0. The fourth-order valence-electron chi connectivity index (χ4n) is 4.51. The minimum Gasteiger partial charge on any atom is -0.127 e. The van der Waals surface area contributed by atoms with Gasteiger partial charge in [-0.25, -0.2) is 0 Å². The van der Waals surface area contributed by atoms with Gasteiger partial charge in [-0.15, -0.1) is 22.7 Å². The van der Waals surface area contributed by atoms with Crippen molar-refractivity contribution >= 4 is 63.9 Å². The van der Waals surface area contributed by atoms with E-state index in [-0.39, 0.29) is 0 Å². The quantitative estimate of drug-likeness (QED) is 0.154. The number of hydrogen-bond donors (Lipinski definition) is 0. The number of fused-ring (bicyclic) bond motifs is 1. The van der Waals surface area contributed by atoms with Gasteiger partial charge in [0.25, 0.3) is 0 Å². The summed E-state index contributed by atoms with van der Waals surface area (Å²) in [6.45, 7) is 4.65. The minimum atomic E-state index is 0.709. The lowest BCUT2D eigenvalue weighted by Gasteiger charge is -2.15. The van der Waals surface area contributed by atoms with Gasteiger partial charge in [-0.05, 0) is 62.2 Å². The maximum Gasteiger partial charge on any atom is 0.0754 e. The maximum atomic E-state index is 3.85. The maximum absolute atomic E-state index is 3.85. The van der Waals surface area contributed by atoms with Crippen LogP contribution in [0.15, 0.2) is 13.6 Å². The fourth-order valence-corrected chi connectivity index (χ4v) is 8.80. The van der Waals surface area contributed by atoms with Crippen LogP contribution in [0.4, 0.5) is 0 Å². The van der Waals surface area contributed by atoms with Crippen molar-refractivity contribution in [2.24, 2.45) is 0 Å². The molecule has 4 heteroatoms. The summed E-state index contributed by atoms with van der Waals surface area (Å²) >= 11 is 11.3. The third kappa shape index (κ3) is 9.63. The lowest BCUT2D eigenvalue weighted by Crippen LogP contribution is -1.97. The van der Waals surface area contributed by atoms with Gasteiger partial charge in [-0.1, -0.05) is 110 Å². The van der Waals surface area contributed by atoms with Crippen LogP contribution in [-0.4, -0.2) is 0 Å². The highest BCUT2D eigenvalue weighted by molar-refractivity contribution is 9.11. The van der Waals surface area contributed by atoms with E-state index in [1.165, 1.54) is 126 Å². The van der Waals surface area contributed by atoms with Crippen LogP contribution in [-0.2, 0) is 0 Å². The second kappa shape index (κ2) is 16.3. The highest BCUT2D eigenvalue weighted by atomic mass is 79.9. The Kier molecular flexibility index (Phi) is 14.6. The Morgan fingerprint density at radius 1 is 0.700 bits per heavy atom. The van der Waals surface area contributed by atoms with Gasteiger partial charge in [0.1, 0.15) is 0 Å². The van der Waals surface area contributed by atoms with Crippen molar-refractivity contribution in [3.8, 4) is 0 Å². The van der Waals surface area contributed by atoms with E-state index < -0.39 is 0 Å². The molecular weight excluding hydrogens is 536 g/mol. The lowest BCUT2D eigenvalue weighted by atomic mass is 9.92. The van der Waals surface area contributed by atoms with E-state index in [0.29, 0.717) is 5.92 Å². The number of rotatable bonds is 18. The Bertz CT molecular complexity index is 689. The Balaban J connectivity index is 1.48. The highest BCUT2D eigenvalue weighted by Crippen LogP contribution is 2.47. The molecule has 172 valence electrons. The monoisotopic (exact) mass is 576 g/mol. The van der Waals surface area contributed by atoms with Gasteiger partial charge >= 0.3 is 0 Å². The zero-order chi connectivity index (χ0) is 21.6. The summed E-state index contributed by atoms with van der Waals surface area (Å²) in [6, 6.07) is 2.28. The van der Waals surface area contributed by atoms with Crippen molar-refractivity contribution in [3.05, 3.63) is 19.2 Å². The number of unbranched alkanes of at least 4 members (excludes halogenated alkanes) is 14. The van der Waals surface area contributed by atoms with Crippen LogP contribution in [0.3, 0.4) is 0 Å². The molecule has 1 atom stereocenters. The van der Waals surface area contributed by atoms with Crippen LogP contribution >= 0.6 is 54.5 Å². The predicted molar refractivity (Wildman–Crippen MR) is 148 cm³/mol. The van der Waals surface area contributed by atoms with Crippen LogP contribution in [0.5, 0.6) is 0 Å². The number of hydrogen-bond acceptors (Lipinski definition) is 2. The normalized spacial score (nSPS) is 12.8. The van der Waals surface area contributed by atoms with Gasteiger partial charge in [0.2, 0.25) is 0 Å². The van der Waals surface area contributed by atoms with E-state index in [4.69, 9.17) is 0 Å². The van der Waals surface area contributed by atoms with E-state index in [0.717, 1.165) is 0 Å². The van der Waals surface area contributed by atoms with Gasteiger partial charge in [0.15, 0.2) is 0 Å². The molecule has 0 fully saturated rings. The average Bonchev–Trinajstić information content (AvgIpc) is 3.22. The van der Waals surface area contributed by atoms with Crippen LogP contribution in [0.1, 0.15) is 134 Å². The van der Waals surface area contributed by atoms with Crippen molar-refractivity contribution in [1.29, 1.82) is 0 Å². The first-order valence-electron chi connectivity index (χ1n) is 12.5. The summed E-state index contributed by atoms with van der Waals surface area (Å²) in [5, 5.41) is 0. The van der Waals surface area contributed by atoms with E-state index in [9.17, 15) is 0 Å². The molecule has 0 spiro atoms. The van der Waals surface area contributed by atoms with E-state index >= 15 is 0 Å². The van der Waals surface area contributed by atoms with Crippen molar-refractivity contribution < 1.29 is 0 Å². The molecule has 0 aromatic carbocycles.